The number of amides is 1. The summed E-state index contributed by atoms with van der Waals surface area (Å²) in [6, 6.07) is 8.32. The topological polar surface area (TPSA) is 72.3 Å². The molecule has 1 aliphatic rings. The fourth-order valence-corrected chi connectivity index (χ4v) is 3.67. The van der Waals surface area contributed by atoms with Crippen molar-refractivity contribution in [3.05, 3.63) is 41.7 Å². The van der Waals surface area contributed by atoms with E-state index in [0.29, 0.717) is 24.8 Å². The number of piperidine rings is 1. The predicted octanol–water partition coefficient (Wildman–Crippen LogP) is 2.94. The fourth-order valence-electron chi connectivity index (χ4n) is 3.67. The van der Waals surface area contributed by atoms with E-state index in [0.717, 1.165) is 38.1 Å². The third-order valence-electron chi connectivity index (χ3n) is 5.19. The Morgan fingerprint density at radius 3 is 2.55 bits per heavy atom. The summed E-state index contributed by atoms with van der Waals surface area (Å²) in [5, 5.41) is 11.8. The third kappa shape index (κ3) is 6.03. The molecule has 1 amide bonds. The van der Waals surface area contributed by atoms with Gasteiger partial charge in [0.1, 0.15) is 5.75 Å². The van der Waals surface area contributed by atoms with Crippen LogP contribution < -0.4 is 10.1 Å². The van der Waals surface area contributed by atoms with E-state index in [9.17, 15) is 4.79 Å². The lowest BCUT2D eigenvalue weighted by molar-refractivity contribution is 0.0691. The molecule has 1 aromatic heterocycles. The van der Waals surface area contributed by atoms with Crippen LogP contribution in [0.25, 0.3) is 0 Å². The van der Waals surface area contributed by atoms with Crippen molar-refractivity contribution in [3.8, 4) is 5.75 Å². The van der Waals surface area contributed by atoms with Gasteiger partial charge in [-0.2, -0.15) is 0 Å². The quantitative estimate of drug-likeness (QED) is 0.775. The molecule has 0 radical (unpaired) electrons. The number of hydrogen-bond donors (Lipinski definition) is 1. The van der Waals surface area contributed by atoms with E-state index < -0.39 is 0 Å². The molecule has 2 heterocycles. The number of carbonyl (C=O) groups is 1. The van der Waals surface area contributed by atoms with Crippen LogP contribution in [0.4, 0.5) is 0 Å². The maximum absolute atomic E-state index is 13.2. The molecular weight excluding hydrogens is 366 g/mol. The van der Waals surface area contributed by atoms with Gasteiger partial charge in [-0.25, -0.2) is 4.68 Å². The molecule has 1 aromatic carbocycles. The van der Waals surface area contributed by atoms with Gasteiger partial charge >= 0.3 is 0 Å². The second-order valence-corrected chi connectivity index (χ2v) is 8.95. The van der Waals surface area contributed by atoms with Gasteiger partial charge in [0.2, 0.25) is 0 Å². The molecule has 7 heteroatoms. The summed E-state index contributed by atoms with van der Waals surface area (Å²) in [5.74, 6) is 0.791. The Balaban J connectivity index is 1.69. The normalized spacial score (nSPS) is 15.3. The molecule has 0 spiro atoms. The average Bonchev–Trinajstić information content (AvgIpc) is 3.21. The molecule has 0 aliphatic carbocycles. The summed E-state index contributed by atoms with van der Waals surface area (Å²) in [7, 11) is 1.66. The number of nitrogens with zero attached hydrogens (tertiary/aromatic N) is 4. The molecule has 1 N–H and O–H groups in total. The zero-order valence-corrected chi connectivity index (χ0v) is 18.0. The molecule has 0 unspecified atom stereocenters. The lowest BCUT2D eigenvalue weighted by Gasteiger charge is -2.29. The second kappa shape index (κ2) is 9.39. The minimum Gasteiger partial charge on any atom is -0.497 e. The first-order chi connectivity index (χ1) is 13.9. The summed E-state index contributed by atoms with van der Waals surface area (Å²) in [6.45, 7) is 9.70. The lowest BCUT2D eigenvalue weighted by atomic mass is 9.95. The van der Waals surface area contributed by atoms with Crippen molar-refractivity contribution in [1.82, 2.24) is 25.2 Å². The zero-order chi connectivity index (χ0) is 20.9. The third-order valence-corrected chi connectivity index (χ3v) is 5.19. The Kier molecular flexibility index (Phi) is 6.90. The Morgan fingerprint density at radius 2 is 1.93 bits per heavy atom. The highest BCUT2D eigenvalue weighted by Crippen LogP contribution is 2.20. The molecular formula is C22H33N5O2. The Labute approximate surface area is 173 Å². The van der Waals surface area contributed by atoms with Gasteiger partial charge in [-0.1, -0.05) is 38.1 Å². The van der Waals surface area contributed by atoms with E-state index in [1.165, 1.54) is 5.56 Å². The van der Waals surface area contributed by atoms with Crippen molar-refractivity contribution in [3.63, 3.8) is 0 Å². The highest BCUT2D eigenvalue weighted by atomic mass is 16.5. The molecule has 1 fully saturated rings. The van der Waals surface area contributed by atoms with E-state index in [-0.39, 0.29) is 11.3 Å². The molecule has 2 aromatic rings. The van der Waals surface area contributed by atoms with Gasteiger partial charge in [0.15, 0.2) is 5.69 Å². The van der Waals surface area contributed by atoms with Crippen LogP contribution in [0.3, 0.4) is 0 Å². The highest BCUT2D eigenvalue weighted by Gasteiger charge is 2.25. The van der Waals surface area contributed by atoms with Crippen LogP contribution in [0.5, 0.6) is 5.75 Å². The van der Waals surface area contributed by atoms with Gasteiger partial charge in [-0.05, 0) is 55.5 Å². The first-order valence-corrected chi connectivity index (χ1v) is 10.4. The van der Waals surface area contributed by atoms with E-state index in [1.807, 2.05) is 40.0 Å². The smallest absolute Gasteiger partial charge is 0.276 e. The monoisotopic (exact) mass is 399 g/mol. The maximum atomic E-state index is 13.2. The van der Waals surface area contributed by atoms with Gasteiger partial charge in [-0.3, -0.25) is 4.79 Å². The minimum absolute atomic E-state index is 0.000597. The van der Waals surface area contributed by atoms with Gasteiger partial charge in [0.05, 0.1) is 19.3 Å². The summed E-state index contributed by atoms with van der Waals surface area (Å²) >= 11 is 0. The number of ether oxygens (including phenoxy) is 1. The van der Waals surface area contributed by atoms with Gasteiger partial charge < -0.3 is 15.0 Å². The van der Waals surface area contributed by atoms with E-state index >= 15 is 0 Å². The molecule has 3 rings (SSSR count). The van der Waals surface area contributed by atoms with Crippen LogP contribution in [0, 0.1) is 5.41 Å². The van der Waals surface area contributed by atoms with Crippen LogP contribution in [0.1, 0.15) is 55.7 Å². The highest BCUT2D eigenvalue weighted by molar-refractivity contribution is 5.92. The fraction of sp³-hybridized carbons (Fsp3) is 0.591. The number of benzene rings is 1. The molecule has 158 valence electrons. The van der Waals surface area contributed by atoms with E-state index in [4.69, 9.17) is 4.74 Å². The van der Waals surface area contributed by atoms with Crippen LogP contribution in [-0.4, -0.2) is 59.1 Å². The predicted molar refractivity (Wildman–Crippen MR) is 113 cm³/mol. The lowest BCUT2D eigenvalue weighted by Crippen LogP contribution is -2.39. The number of nitrogens with one attached hydrogen (secondary N) is 1. The number of methoxy groups -OCH3 is 1. The van der Waals surface area contributed by atoms with Crippen molar-refractivity contribution in [2.75, 3.05) is 33.3 Å². The summed E-state index contributed by atoms with van der Waals surface area (Å²) in [6.07, 6.45) is 4.63. The summed E-state index contributed by atoms with van der Waals surface area (Å²) < 4.78 is 7.09. The van der Waals surface area contributed by atoms with Gasteiger partial charge in [0.25, 0.3) is 5.91 Å². The van der Waals surface area contributed by atoms with Crippen LogP contribution in [-0.2, 0) is 6.42 Å². The van der Waals surface area contributed by atoms with Gasteiger partial charge in [0, 0.05) is 13.1 Å². The van der Waals surface area contributed by atoms with E-state index in [2.05, 4.69) is 36.4 Å². The van der Waals surface area contributed by atoms with Crippen molar-refractivity contribution in [2.24, 2.45) is 5.41 Å². The number of hydrogen-bond acceptors (Lipinski definition) is 5. The van der Waals surface area contributed by atoms with Crippen LogP contribution in [0.15, 0.2) is 30.5 Å². The molecule has 0 atom stereocenters. The molecule has 0 saturated carbocycles. The van der Waals surface area contributed by atoms with Crippen LogP contribution >= 0.6 is 0 Å². The van der Waals surface area contributed by atoms with Crippen molar-refractivity contribution in [2.45, 2.75) is 46.1 Å². The Bertz CT molecular complexity index is 788. The largest absolute Gasteiger partial charge is 0.497 e. The number of aromatic nitrogens is 3. The van der Waals surface area contributed by atoms with E-state index in [1.54, 1.807) is 7.11 Å². The minimum atomic E-state index is -0.0476. The number of carbonyl (C=O) groups excluding carboxylic acids is 1. The second-order valence-electron chi connectivity index (χ2n) is 8.95. The first-order valence-electron chi connectivity index (χ1n) is 10.4. The summed E-state index contributed by atoms with van der Waals surface area (Å²) in [4.78, 5) is 15.1. The molecule has 29 heavy (non-hydrogen) atoms. The Hall–Kier alpha value is -2.41. The SMILES string of the molecule is COc1ccc(CCN(CC(C)(C)C)C(=O)c2cn(C3CCNCC3)nn2)cc1. The average molecular weight is 400 g/mol. The van der Waals surface area contributed by atoms with Crippen LogP contribution in [0.2, 0.25) is 0 Å². The maximum Gasteiger partial charge on any atom is 0.276 e. The molecule has 1 aliphatic heterocycles. The zero-order valence-electron chi connectivity index (χ0n) is 18.0. The van der Waals surface area contributed by atoms with Crippen molar-refractivity contribution < 1.29 is 9.53 Å². The standard InChI is InChI=1S/C22H33N5O2/c1-22(2,3)16-26(14-11-17-5-7-19(29-4)8-6-17)21(28)20-15-27(25-24-20)18-9-12-23-13-10-18/h5-8,15,18,23H,9-14,16H2,1-4H3. The molecule has 1 saturated heterocycles. The Morgan fingerprint density at radius 1 is 1.24 bits per heavy atom. The van der Waals surface area contributed by atoms with Crippen molar-refractivity contribution >= 4 is 5.91 Å². The first kappa shape index (κ1) is 21.3. The summed E-state index contributed by atoms with van der Waals surface area (Å²) in [5.41, 5.74) is 1.61. The molecule has 0 bridgehead atoms. The molecule has 7 nitrogen and oxygen atoms in total. The van der Waals surface area contributed by atoms with Gasteiger partial charge in [-0.15, -0.1) is 5.10 Å². The van der Waals surface area contributed by atoms with Crippen molar-refractivity contribution in [1.29, 1.82) is 0 Å². The number of rotatable bonds is 7.